The summed E-state index contributed by atoms with van der Waals surface area (Å²) < 4.78 is 1.68. The van der Waals surface area contributed by atoms with Gasteiger partial charge in [0.25, 0.3) is 0 Å². The van der Waals surface area contributed by atoms with E-state index < -0.39 is 0 Å². The monoisotopic (exact) mass is 189 g/mol. The molecule has 2 heterocycles. The Morgan fingerprint density at radius 1 is 1.21 bits per heavy atom. The quantitative estimate of drug-likeness (QED) is 0.722. The number of nitrogens with zero attached hydrogens (tertiary/aromatic N) is 4. The molecule has 0 aromatic carbocycles. The Morgan fingerprint density at radius 2 is 2.00 bits per heavy atom. The maximum Gasteiger partial charge on any atom is 0.222 e. The van der Waals surface area contributed by atoms with Crippen LogP contribution in [0.5, 0.6) is 0 Å². The molecule has 0 saturated carbocycles. The fraction of sp³-hybridized carbons (Fsp3) is 0.222. The van der Waals surface area contributed by atoms with Gasteiger partial charge in [-0.15, -0.1) is 0 Å². The Labute approximate surface area is 81.6 Å². The van der Waals surface area contributed by atoms with Gasteiger partial charge < -0.3 is 5.73 Å². The Hall–Kier alpha value is -1.91. The first-order chi connectivity index (χ1) is 6.65. The van der Waals surface area contributed by atoms with Gasteiger partial charge in [0, 0.05) is 18.0 Å². The molecule has 0 aliphatic carbocycles. The molecule has 5 nitrogen and oxygen atoms in total. The van der Waals surface area contributed by atoms with Gasteiger partial charge in [-0.3, -0.25) is 0 Å². The van der Waals surface area contributed by atoms with Crippen LogP contribution in [0.4, 0.5) is 5.95 Å². The van der Waals surface area contributed by atoms with Gasteiger partial charge in [-0.05, 0) is 19.9 Å². The maximum absolute atomic E-state index is 5.54. The average Bonchev–Trinajstić information content (AvgIpc) is 2.50. The molecular weight excluding hydrogens is 178 g/mol. The summed E-state index contributed by atoms with van der Waals surface area (Å²) in [4.78, 5) is 8.08. The number of rotatable bonds is 1. The molecular formula is C9H11N5. The molecule has 5 heteroatoms. The van der Waals surface area contributed by atoms with E-state index in [0.29, 0.717) is 5.82 Å². The minimum absolute atomic E-state index is 0.271. The van der Waals surface area contributed by atoms with Crippen molar-refractivity contribution in [2.75, 3.05) is 5.73 Å². The van der Waals surface area contributed by atoms with Crippen LogP contribution in [0.15, 0.2) is 18.3 Å². The van der Waals surface area contributed by atoms with Crippen molar-refractivity contribution >= 4 is 5.95 Å². The van der Waals surface area contributed by atoms with Crippen molar-refractivity contribution in [3.05, 3.63) is 29.7 Å². The predicted octanol–water partition coefficient (Wildman–Crippen LogP) is 0.861. The maximum atomic E-state index is 5.54. The van der Waals surface area contributed by atoms with Crippen LogP contribution in [0.1, 0.15) is 11.4 Å². The first-order valence-electron chi connectivity index (χ1n) is 4.29. The summed E-state index contributed by atoms with van der Waals surface area (Å²) in [6, 6.07) is 3.75. The van der Waals surface area contributed by atoms with E-state index in [2.05, 4.69) is 15.1 Å². The van der Waals surface area contributed by atoms with Crippen molar-refractivity contribution in [1.29, 1.82) is 0 Å². The van der Waals surface area contributed by atoms with E-state index >= 15 is 0 Å². The zero-order chi connectivity index (χ0) is 10.1. The average molecular weight is 189 g/mol. The summed E-state index contributed by atoms with van der Waals surface area (Å²) in [7, 11) is 0. The SMILES string of the molecule is Cc1cc(-n2ccc(C)n2)nc(N)n1. The third kappa shape index (κ3) is 1.56. The summed E-state index contributed by atoms with van der Waals surface area (Å²) in [5.41, 5.74) is 7.32. The summed E-state index contributed by atoms with van der Waals surface area (Å²) >= 11 is 0. The van der Waals surface area contributed by atoms with Crippen LogP contribution in [0.25, 0.3) is 5.82 Å². The number of hydrogen-bond acceptors (Lipinski definition) is 4. The van der Waals surface area contributed by atoms with Gasteiger partial charge in [0.2, 0.25) is 5.95 Å². The summed E-state index contributed by atoms with van der Waals surface area (Å²) in [5, 5.41) is 4.23. The first-order valence-corrected chi connectivity index (χ1v) is 4.29. The van der Waals surface area contributed by atoms with Gasteiger partial charge in [0.1, 0.15) is 0 Å². The molecule has 0 unspecified atom stereocenters. The zero-order valence-corrected chi connectivity index (χ0v) is 8.10. The van der Waals surface area contributed by atoms with E-state index in [-0.39, 0.29) is 5.95 Å². The van der Waals surface area contributed by atoms with Crippen molar-refractivity contribution in [1.82, 2.24) is 19.7 Å². The molecule has 0 radical (unpaired) electrons. The Kier molecular flexibility index (Phi) is 1.92. The number of aromatic nitrogens is 4. The first kappa shape index (κ1) is 8.68. The molecule has 0 spiro atoms. The summed E-state index contributed by atoms with van der Waals surface area (Å²) in [5.74, 6) is 0.969. The second-order valence-electron chi connectivity index (χ2n) is 3.13. The van der Waals surface area contributed by atoms with Crippen LogP contribution >= 0.6 is 0 Å². The zero-order valence-electron chi connectivity index (χ0n) is 8.10. The van der Waals surface area contributed by atoms with Crippen molar-refractivity contribution in [3.63, 3.8) is 0 Å². The topological polar surface area (TPSA) is 69.6 Å². The molecule has 2 rings (SSSR count). The molecule has 0 atom stereocenters. The Morgan fingerprint density at radius 3 is 2.57 bits per heavy atom. The number of aryl methyl sites for hydroxylation is 2. The van der Waals surface area contributed by atoms with E-state index in [9.17, 15) is 0 Å². The van der Waals surface area contributed by atoms with Gasteiger partial charge in [-0.1, -0.05) is 0 Å². The molecule has 0 amide bonds. The lowest BCUT2D eigenvalue weighted by molar-refractivity contribution is 0.825. The standard InChI is InChI=1S/C9H11N5/c1-6-3-4-14(13-6)8-5-7(2)11-9(10)12-8/h3-5H,1-2H3,(H2,10,11,12). The molecule has 0 fully saturated rings. The van der Waals surface area contributed by atoms with Gasteiger partial charge in [-0.25, -0.2) is 9.67 Å². The van der Waals surface area contributed by atoms with E-state index in [1.54, 1.807) is 4.68 Å². The lowest BCUT2D eigenvalue weighted by Crippen LogP contribution is -2.04. The molecule has 14 heavy (non-hydrogen) atoms. The van der Waals surface area contributed by atoms with Crippen LogP contribution in [0.3, 0.4) is 0 Å². The van der Waals surface area contributed by atoms with Gasteiger partial charge >= 0.3 is 0 Å². The number of anilines is 1. The van der Waals surface area contributed by atoms with Gasteiger partial charge in [0.05, 0.1) is 5.69 Å². The number of hydrogen-bond donors (Lipinski definition) is 1. The molecule has 2 aromatic rings. The van der Waals surface area contributed by atoms with Crippen molar-refractivity contribution in [2.45, 2.75) is 13.8 Å². The van der Waals surface area contributed by atoms with Crippen LogP contribution in [0.2, 0.25) is 0 Å². The lowest BCUT2D eigenvalue weighted by Gasteiger charge is -2.02. The highest BCUT2D eigenvalue weighted by atomic mass is 15.3. The Bertz CT molecular complexity index is 440. The minimum Gasteiger partial charge on any atom is -0.368 e. The van der Waals surface area contributed by atoms with Crippen molar-refractivity contribution in [2.24, 2.45) is 0 Å². The van der Waals surface area contributed by atoms with Crippen molar-refractivity contribution in [3.8, 4) is 5.82 Å². The third-order valence-electron chi connectivity index (χ3n) is 1.82. The van der Waals surface area contributed by atoms with Crippen LogP contribution in [-0.4, -0.2) is 19.7 Å². The molecule has 2 N–H and O–H groups in total. The van der Waals surface area contributed by atoms with Gasteiger partial charge in [0.15, 0.2) is 5.82 Å². The summed E-state index contributed by atoms with van der Waals surface area (Å²) in [6.07, 6.45) is 1.84. The smallest absolute Gasteiger partial charge is 0.222 e. The second-order valence-corrected chi connectivity index (χ2v) is 3.13. The van der Waals surface area contributed by atoms with Crippen LogP contribution in [0, 0.1) is 13.8 Å². The summed E-state index contributed by atoms with van der Waals surface area (Å²) in [6.45, 7) is 3.80. The highest BCUT2D eigenvalue weighted by Gasteiger charge is 2.02. The normalized spacial score (nSPS) is 10.4. The highest BCUT2D eigenvalue weighted by Crippen LogP contribution is 2.07. The van der Waals surface area contributed by atoms with E-state index in [0.717, 1.165) is 11.4 Å². The fourth-order valence-corrected chi connectivity index (χ4v) is 1.23. The van der Waals surface area contributed by atoms with Crippen molar-refractivity contribution < 1.29 is 0 Å². The van der Waals surface area contributed by atoms with E-state index in [4.69, 9.17) is 5.73 Å². The molecule has 0 aliphatic heterocycles. The molecule has 0 bridgehead atoms. The molecule has 2 aromatic heterocycles. The second kappa shape index (κ2) is 3.10. The fourth-order valence-electron chi connectivity index (χ4n) is 1.23. The molecule has 0 aliphatic rings. The number of nitrogens with two attached hydrogens (primary N) is 1. The van der Waals surface area contributed by atoms with Crippen LogP contribution in [-0.2, 0) is 0 Å². The largest absolute Gasteiger partial charge is 0.368 e. The minimum atomic E-state index is 0.271. The van der Waals surface area contributed by atoms with E-state index in [1.165, 1.54) is 0 Å². The van der Waals surface area contributed by atoms with Crippen LogP contribution < -0.4 is 5.73 Å². The predicted molar refractivity (Wildman–Crippen MR) is 53.0 cm³/mol. The molecule has 0 saturated heterocycles. The number of nitrogen functional groups attached to an aromatic ring is 1. The Balaban J connectivity index is 2.51. The van der Waals surface area contributed by atoms with Gasteiger partial charge in [-0.2, -0.15) is 10.1 Å². The highest BCUT2D eigenvalue weighted by molar-refractivity contribution is 5.30. The third-order valence-corrected chi connectivity index (χ3v) is 1.82. The molecule has 72 valence electrons. The van der Waals surface area contributed by atoms with E-state index in [1.807, 2.05) is 32.2 Å². The lowest BCUT2D eigenvalue weighted by atomic mass is 10.4.